The van der Waals surface area contributed by atoms with Crippen molar-refractivity contribution >= 4 is 6.21 Å². The van der Waals surface area contributed by atoms with E-state index in [4.69, 9.17) is 10.2 Å². The van der Waals surface area contributed by atoms with Crippen molar-refractivity contribution in [1.29, 1.82) is 0 Å². The van der Waals surface area contributed by atoms with Crippen molar-refractivity contribution in [3.05, 3.63) is 83.2 Å². The Kier molecular flexibility index (Phi) is 5.53. The number of hydrogen-bond donors (Lipinski definition) is 1. The zero-order valence-corrected chi connectivity index (χ0v) is 16.7. The average Bonchev–Trinajstić information content (AvgIpc) is 3.02. The van der Waals surface area contributed by atoms with Gasteiger partial charge in [0.2, 0.25) is 0 Å². The summed E-state index contributed by atoms with van der Waals surface area (Å²) in [7, 11) is 0. The highest BCUT2D eigenvalue weighted by Gasteiger charge is 2.19. The molecule has 144 valence electrons. The number of nitrogens with one attached hydrogen (secondary N) is 1. The molecule has 1 fully saturated rings. The van der Waals surface area contributed by atoms with Crippen molar-refractivity contribution in [3.8, 4) is 5.69 Å². The van der Waals surface area contributed by atoms with Gasteiger partial charge >= 0.3 is 0 Å². The summed E-state index contributed by atoms with van der Waals surface area (Å²) in [5, 5.41) is 11.7. The molecule has 1 saturated heterocycles. The number of benzene rings is 2. The highest BCUT2D eigenvalue weighted by molar-refractivity contribution is 5.82. The summed E-state index contributed by atoms with van der Waals surface area (Å²) in [5.41, 5.74) is 5.75. The van der Waals surface area contributed by atoms with Gasteiger partial charge < -0.3 is 4.90 Å². The van der Waals surface area contributed by atoms with Crippen molar-refractivity contribution in [3.63, 3.8) is 0 Å². The van der Waals surface area contributed by atoms with Crippen LogP contribution in [0.5, 0.6) is 0 Å². The number of hydrogen-bond acceptors (Lipinski definition) is 3. The van der Waals surface area contributed by atoms with Crippen LogP contribution in [0.25, 0.3) is 5.69 Å². The zero-order valence-electron chi connectivity index (χ0n) is 16.7. The molecule has 0 aliphatic carbocycles. The summed E-state index contributed by atoms with van der Waals surface area (Å²) in [6.07, 6.45) is 1.99. The molecule has 3 aromatic rings. The lowest BCUT2D eigenvalue weighted by molar-refractivity contribution is -0.918. The molecule has 28 heavy (non-hydrogen) atoms. The monoisotopic (exact) mass is 374 g/mol. The average molecular weight is 375 g/mol. The van der Waals surface area contributed by atoms with Gasteiger partial charge in [0.15, 0.2) is 0 Å². The molecule has 0 spiro atoms. The molecule has 1 N–H and O–H groups in total. The Labute approximate surface area is 166 Å². The molecular weight excluding hydrogens is 346 g/mol. The van der Waals surface area contributed by atoms with Gasteiger partial charge in [0.25, 0.3) is 0 Å². The number of aryl methyl sites for hydroxylation is 1. The number of piperazine rings is 1. The minimum Gasteiger partial charge on any atom is -0.328 e. The Morgan fingerprint density at radius 2 is 1.61 bits per heavy atom. The van der Waals surface area contributed by atoms with Crippen molar-refractivity contribution < 1.29 is 4.90 Å². The Morgan fingerprint density at radius 3 is 2.29 bits per heavy atom. The number of quaternary nitrogens is 1. The van der Waals surface area contributed by atoms with E-state index < -0.39 is 0 Å². The van der Waals surface area contributed by atoms with Gasteiger partial charge in [0.1, 0.15) is 6.54 Å². The van der Waals surface area contributed by atoms with Crippen LogP contribution in [0.1, 0.15) is 22.5 Å². The molecular formula is C23H28N5+. The number of hydrazone groups is 1. The van der Waals surface area contributed by atoms with Crippen LogP contribution in [-0.4, -0.2) is 47.2 Å². The quantitative estimate of drug-likeness (QED) is 0.696. The number of nitrogens with zero attached hydrogens (tertiary/aromatic N) is 4. The minimum absolute atomic E-state index is 0.990. The molecule has 0 bridgehead atoms. The molecule has 0 atom stereocenters. The first-order valence-electron chi connectivity index (χ1n) is 9.99. The topological polar surface area (TPSA) is 37.9 Å². The highest BCUT2D eigenvalue weighted by atomic mass is 15.5. The Morgan fingerprint density at radius 1 is 0.964 bits per heavy atom. The predicted molar refractivity (Wildman–Crippen MR) is 113 cm³/mol. The highest BCUT2D eigenvalue weighted by Crippen LogP contribution is 2.16. The molecule has 2 aromatic carbocycles. The summed E-state index contributed by atoms with van der Waals surface area (Å²) < 4.78 is 2.00. The van der Waals surface area contributed by atoms with Crippen molar-refractivity contribution in [2.75, 3.05) is 26.2 Å². The van der Waals surface area contributed by atoms with Gasteiger partial charge in [0.05, 0.1) is 49.5 Å². The van der Waals surface area contributed by atoms with E-state index in [0.29, 0.717) is 0 Å². The van der Waals surface area contributed by atoms with E-state index >= 15 is 0 Å². The van der Waals surface area contributed by atoms with Crippen molar-refractivity contribution in [1.82, 2.24) is 14.8 Å². The van der Waals surface area contributed by atoms with Crippen LogP contribution in [0.3, 0.4) is 0 Å². The Hall–Kier alpha value is -2.92. The normalized spacial score (nSPS) is 15.4. The molecule has 0 saturated carbocycles. The SMILES string of the molecule is Cc1nn(-c2ccccc2)c(C)c1/C=N/N1CC[NH+](Cc2ccccc2)CC1. The maximum Gasteiger partial charge on any atom is 0.103 e. The van der Waals surface area contributed by atoms with Gasteiger partial charge in [-0.15, -0.1) is 0 Å². The zero-order chi connectivity index (χ0) is 19.3. The van der Waals surface area contributed by atoms with Crippen LogP contribution in [0.4, 0.5) is 0 Å². The first-order chi connectivity index (χ1) is 13.7. The Balaban J connectivity index is 1.38. The lowest BCUT2D eigenvalue weighted by atomic mass is 10.2. The summed E-state index contributed by atoms with van der Waals surface area (Å²) >= 11 is 0. The largest absolute Gasteiger partial charge is 0.328 e. The molecule has 5 heteroatoms. The predicted octanol–water partition coefficient (Wildman–Crippen LogP) is 2.22. The first kappa shape index (κ1) is 18.4. The fourth-order valence-electron chi connectivity index (χ4n) is 3.79. The number of aromatic nitrogens is 2. The summed E-state index contributed by atoms with van der Waals surface area (Å²) in [6, 6.07) is 21.0. The molecule has 1 aromatic heterocycles. The van der Waals surface area contributed by atoms with Crippen LogP contribution in [0, 0.1) is 13.8 Å². The molecule has 0 amide bonds. The van der Waals surface area contributed by atoms with E-state index in [2.05, 4.69) is 61.3 Å². The van der Waals surface area contributed by atoms with E-state index in [9.17, 15) is 0 Å². The van der Waals surface area contributed by atoms with Gasteiger partial charge in [-0.2, -0.15) is 10.2 Å². The standard InChI is InChI=1S/C23H27N5/c1-19-23(20(2)28(25-19)22-11-7-4-8-12-22)17-24-27-15-13-26(14-16-27)18-21-9-5-3-6-10-21/h3-12,17H,13-16,18H2,1-2H3/p+1/b24-17+. The number of para-hydroxylation sites is 1. The fourth-order valence-corrected chi connectivity index (χ4v) is 3.79. The maximum atomic E-state index is 4.77. The van der Waals surface area contributed by atoms with Gasteiger partial charge in [-0.25, -0.2) is 4.68 Å². The Bertz CT molecular complexity index is 922. The summed E-state index contributed by atoms with van der Waals surface area (Å²) in [4.78, 5) is 1.63. The van der Waals surface area contributed by atoms with Crippen LogP contribution >= 0.6 is 0 Å². The smallest absolute Gasteiger partial charge is 0.103 e. The second-order valence-corrected chi connectivity index (χ2v) is 7.44. The van der Waals surface area contributed by atoms with E-state index in [-0.39, 0.29) is 0 Å². The molecule has 0 radical (unpaired) electrons. The van der Waals surface area contributed by atoms with Crippen molar-refractivity contribution in [2.45, 2.75) is 20.4 Å². The summed E-state index contributed by atoms with van der Waals surface area (Å²) in [6.45, 7) is 9.47. The van der Waals surface area contributed by atoms with Gasteiger partial charge in [-0.3, -0.25) is 5.01 Å². The van der Waals surface area contributed by atoms with Crippen LogP contribution in [-0.2, 0) is 6.54 Å². The lowest BCUT2D eigenvalue weighted by Crippen LogP contribution is -3.13. The number of rotatable bonds is 5. The molecule has 2 heterocycles. The minimum atomic E-state index is 0.990. The van der Waals surface area contributed by atoms with E-state index in [1.54, 1.807) is 4.90 Å². The molecule has 4 rings (SSSR count). The van der Waals surface area contributed by atoms with Crippen molar-refractivity contribution in [2.24, 2.45) is 5.10 Å². The van der Waals surface area contributed by atoms with E-state index in [0.717, 1.165) is 55.4 Å². The van der Waals surface area contributed by atoms with E-state index in [1.807, 2.05) is 29.1 Å². The van der Waals surface area contributed by atoms with Gasteiger partial charge in [-0.1, -0.05) is 48.5 Å². The van der Waals surface area contributed by atoms with Crippen LogP contribution in [0.15, 0.2) is 65.8 Å². The molecule has 5 nitrogen and oxygen atoms in total. The second-order valence-electron chi connectivity index (χ2n) is 7.44. The molecule has 1 aliphatic rings. The summed E-state index contributed by atoms with van der Waals surface area (Å²) in [5.74, 6) is 0. The third-order valence-corrected chi connectivity index (χ3v) is 5.44. The van der Waals surface area contributed by atoms with Gasteiger partial charge in [-0.05, 0) is 26.0 Å². The molecule has 1 aliphatic heterocycles. The maximum absolute atomic E-state index is 4.77. The first-order valence-corrected chi connectivity index (χ1v) is 9.99. The van der Waals surface area contributed by atoms with E-state index in [1.165, 1.54) is 5.56 Å². The third kappa shape index (κ3) is 4.15. The fraction of sp³-hybridized carbons (Fsp3) is 0.304. The molecule has 0 unspecified atom stereocenters. The third-order valence-electron chi connectivity index (χ3n) is 5.44. The lowest BCUT2D eigenvalue weighted by Gasteiger charge is -2.30. The second kappa shape index (κ2) is 8.40. The van der Waals surface area contributed by atoms with Gasteiger partial charge in [0, 0.05) is 11.1 Å². The van der Waals surface area contributed by atoms with Crippen LogP contribution in [0.2, 0.25) is 0 Å². The van der Waals surface area contributed by atoms with Crippen LogP contribution < -0.4 is 4.90 Å².